The van der Waals surface area contributed by atoms with Gasteiger partial charge in [-0.2, -0.15) is 0 Å². The van der Waals surface area contributed by atoms with Crippen molar-refractivity contribution in [2.24, 2.45) is 0 Å². The molecule has 0 aromatic heterocycles. The van der Waals surface area contributed by atoms with Gasteiger partial charge in [-0.05, 0) is 13.3 Å². The van der Waals surface area contributed by atoms with Crippen LogP contribution in [0.4, 0.5) is 0 Å². The first-order chi connectivity index (χ1) is 3.68. The SMILES string of the molecule is [CH2]CC[C](C)C(=O)O. The summed E-state index contributed by atoms with van der Waals surface area (Å²) in [4.78, 5) is 10.0. The third kappa shape index (κ3) is 2.61. The summed E-state index contributed by atoms with van der Waals surface area (Å²) < 4.78 is 0. The average Bonchev–Trinajstić information content (AvgIpc) is 1.67. The van der Waals surface area contributed by atoms with Gasteiger partial charge in [0, 0.05) is 0 Å². The molecule has 1 N–H and O–H groups in total. The van der Waals surface area contributed by atoms with Crippen LogP contribution in [0.3, 0.4) is 0 Å². The molecule has 2 nitrogen and oxygen atoms in total. The lowest BCUT2D eigenvalue weighted by atomic mass is 10.1. The van der Waals surface area contributed by atoms with Gasteiger partial charge in [0.2, 0.25) is 0 Å². The van der Waals surface area contributed by atoms with Crippen molar-refractivity contribution in [2.45, 2.75) is 19.8 Å². The summed E-state index contributed by atoms with van der Waals surface area (Å²) in [6.07, 6.45) is 1.26. The Bertz CT molecular complexity index is 78.6. The van der Waals surface area contributed by atoms with E-state index in [1.807, 2.05) is 0 Å². The minimum absolute atomic E-state index is 0.486. The number of carbonyl (C=O) groups is 1. The molecule has 0 spiro atoms. The van der Waals surface area contributed by atoms with Gasteiger partial charge in [-0.1, -0.05) is 13.3 Å². The maximum Gasteiger partial charge on any atom is 0.310 e. The largest absolute Gasteiger partial charge is 0.481 e. The molecule has 0 saturated heterocycles. The molecular weight excluding hydrogens is 104 g/mol. The third-order valence-corrected chi connectivity index (χ3v) is 0.917. The topological polar surface area (TPSA) is 37.3 Å². The van der Waals surface area contributed by atoms with Gasteiger partial charge in [0.25, 0.3) is 0 Å². The number of hydrogen-bond donors (Lipinski definition) is 1. The van der Waals surface area contributed by atoms with Gasteiger partial charge in [0.15, 0.2) is 0 Å². The highest BCUT2D eigenvalue weighted by Crippen LogP contribution is 2.05. The van der Waals surface area contributed by atoms with Gasteiger partial charge in [-0.3, -0.25) is 4.79 Å². The molecule has 0 bridgehead atoms. The number of carboxylic acid groups (broad SMARTS) is 1. The van der Waals surface area contributed by atoms with Gasteiger partial charge in [0.05, 0.1) is 5.92 Å². The Labute approximate surface area is 49.5 Å². The summed E-state index contributed by atoms with van der Waals surface area (Å²) in [5.74, 6) is -0.325. The molecule has 46 valence electrons. The van der Waals surface area contributed by atoms with E-state index in [4.69, 9.17) is 5.11 Å². The molecule has 0 aliphatic rings. The third-order valence-electron chi connectivity index (χ3n) is 0.917. The van der Waals surface area contributed by atoms with Crippen LogP contribution >= 0.6 is 0 Å². The molecule has 0 aliphatic carbocycles. The molecule has 2 radical (unpaired) electrons. The van der Waals surface area contributed by atoms with Gasteiger partial charge in [0.1, 0.15) is 0 Å². The summed E-state index contributed by atoms with van der Waals surface area (Å²) in [7, 11) is 0. The quantitative estimate of drug-likeness (QED) is 0.600. The van der Waals surface area contributed by atoms with Crippen molar-refractivity contribution < 1.29 is 9.90 Å². The van der Waals surface area contributed by atoms with Crippen molar-refractivity contribution in [1.82, 2.24) is 0 Å². The Morgan fingerprint density at radius 1 is 1.75 bits per heavy atom. The van der Waals surface area contributed by atoms with Crippen LogP contribution in [0.25, 0.3) is 0 Å². The molecule has 0 aromatic rings. The predicted molar refractivity (Wildman–Crippen MR) is 31.1 cm³/mol. The molecule has 0 atom stereocenters. The normalized spacial score (nSPS) is 9.88. The summed E-state index contributed by atoms with van der Waals surface area (Å²) in [5, 5.41) is 8.25. The second kappa shape index (κ2) is 3.47. The molecule has 8 heavy (non-hydrogen) atoms. The number of aliphatic carboxylic acids is 1. The predicted octanol–water partition coefficient (Wildman–Crippen LogP) is 1.28. The second-order valence-electron chi connectivity index (χ2n) is 1.69. The Hall–Kier alpha value is -0.530. The first-order valence-corrected chi connectivity index (χ1v) is 2.53. The van der Waals surface area contributed by atoms with E-state index in [1.54, 1.807) is 6.92 Å². The van der Waals surface area contributed by atoms with Gasteiger partial charge in [-0.15, -0.1) is 0 Å². The Morgan fingerprint density at radius 2 is 2.25 bits per heavy atom. The Morgan fingerprint density at radius 3 is 2.38 bits per heavy atom. The minimum Gasteiger partial charge on any atom is -0.481 e. The van der Waals surface area contributed by atoms with Gasteiger partial charge < -0.3 is 5.11 Å². The van der Waals surface area contributed by atoms with Crippen LogP contribution in [0.15, 0.2) is 0 Å². The summed E-state index contributed by atoms with van der Waals surface area (Å²) >= 11 is 0. The second-order valence-corrected chi connectivity index (χ2v) is 1.69. The van der Waals surface area contributed by atoms with Crippen LogP contribution in [0.2, 0.25) is 0 Å². The van der Waals surface area contributed by atoms with Gasteiger partial charge in [-0.25, -0.2) is 0 Å². The van der Waals surface area contributed by atoms with E-state index < -0.39 is 5.97 Å². The Kier molecular flexibility index (Phi) is 3.24. The van der Waals surface area contributed by atoms with Crippen molar-refractivity contribution in [2.75, 3.05) is 0 Å². The molecule has 0 fully saturated rings. The summed E-state index contributed by atoms with van der Waals surface area (Å²) in [5.41, 5.74) is 0. The molecule has 2 heteroatoms. The van der Waals surface area contributed by atoms with E-state index in [0.29, 0.717) is 18.8 Å². The molecule has 0 heterocycles. The van der Waals surface area contributed by atoms with Crippen molar-refractivity contribution in [3.8, 4) is 0 Å². The van der Waals surface area contributed by atoms with E-state index in [0.717, 1.165) is 0 Å². The zero-order valence-corrected chi connectivity index (χ0v) is 4.98. The smallest absolute Gasteiger partial charge is 0.310 e. The van der Waals surface area contributed by atoms with Crippen LogP contribution in [0.1, 0.15) is 19.8 Å². The zero-order chi connectivity index (χ0) is 6.57. The van der Waals surface area contributed by atoms with Gasteiger partial charge >= 0.3 is 5.97 Å². The maximum atomic E-state index is 10.0. The lowest BCUT2D eigenvalue weighted by molar-refractivity contribution is -0.134. The van der Waals surface area contributed by atoms with Crippen LogP contribution in [0, 0.1) is 12.8 Å². The van der Waals surface area contributed by atoms with Crippen molar-refractivity contribution in [3.63, 3.8) is 0 Å². The standard InChI is InChI=1S/C6H10O2/c1-3-4-5(2)6(7)8/h1,3-4H2,2H3,(H,7,8). The van der Waals surface area contributed by atoms with E-state index in [9.17, 15) is 4.79 Å². The molecule has 0 aliphatic heterocycles. The zero-order valence-electron chi connectivity index (χ0n) is 4.98. The lowest BCUT2D eigenvalue weighted by Gasteiger charge is -1.98. The highest BCUT2D eigenvalue weighted by atomic mass is 16.4. The van der Waals surface area contributed by atoms with Crippen molar-refractivity contribution >= 4 is 5.97 Å². The van der Waals surface area contributed by atoms with Crippen LogP contribution in [-0.2, 0) is 4.79 Å². The van der Waals surface area contributed by atoms with Crippen LogP contribution in [0.5, 0.6) is 0 Å². The summed E-state index contributed by atoms with van der Waals surface area (Å²) in [6.45, 7) is 5.13. The molecular formula is C6H10O2. The fourth-order valence-corrected chi connectivity index (χ4v) is 0.372. The summed E-state index contributed by atoms with van der Waals surface area (Å²) in [6, 6.07) is 0. The minimum atomic E-state index is -0.811. The monoisotopic (exact) mass is 114 g/mol. The Balaban J connectivity index is 3.32. The van der Waals surface area contributed by atoms with E-state index in [1.165, 1.54) is 0 Å². The van der Waals surface area contributed by atoms with Crippen molar-refractivity contribution in [3.05, 3.63) is 12.8 Å². The molecule has 0 amide bonds. The average molecular weight is 114 g/mol. The molecule has 0 saturated carbocycles. The number of carboxylic acids is 1. The maximum absolute atomic E-state index is 10.0. The first-order valence-electron chi connectivity index (χ1n) is 2.53. The lowest BCUT2D eigenvalue weighted by Crippen LogP contribution is -2.05. The van der Waals surface area contributed by atoms with E-state index >= 15 is 0 Å². The highest BCUT2D eigenvalue weighted by molar-refractivity contribution is 5.81. The van der Waals surface area contributed by atoms with Crippen LogP contribution in [-0.4, -0.2) is 11.1 Å². The molecule has 0 rings (SSSR count). The van der Waals surface area contributed by atoms with Crippen molar-refractivity contribution in [1.29, 1.82) is 0 Å². The van der Waals surface area contributed by atoms with Crippen LogP contribution < -0.4 is 0 Å². The molecule has 0 aromatic carbocycles. The fraction of sp³-hybridized carbons (Fsp3) is 0.500. The highest BCUT2D eigenvalue weighted by Gasteiger charge is 2.08. The van der Waals surface area contributed by atoms with E-state index in [2.05, 4.69) is 6.92 Å². The fourth-order valence-electron chi connectivity index (χ4n) is 0.372. The first kappa shape index (κ1) is 7.47. The number of rotatable bonds is 3. The molecule has 0 unspecified atom stereocenters. The van der Waals surface area contributed by atoms with E-state index in [-0.39, 0.29) is 0 Å². The number of hydrogen-bond acceptors (Lipinski definition) is 1.